The quantitative estimate of drug-likeness (QED) is 0.306. The van der Waals surface area contributed by atoms with Gasteiger partial charge in [-0.25, -0.2) is 0 Å². The molecule has 43 heavy (non-hydrogen) atoms. The molecule has 3 aliphatic rings. The van der Waals surface area contributed by atoms with Crippen LogP contribution in [0, 0.1) is 29.1 Å². The fraction of sp³-hybridized carbons (Fsp3) is 0.871. The third-order valence-electron chi connectivity index (χ3n) is 9.99. The Kier molecular flexibility index (Phi) is 11.6. The molecule has 13 atom stereocenters. The summed E-state index contributed by atoms with van der Waals surface area (Å²) in [7, 11) is 5.22. The number of carbonyl (C=O) groups is 3. The molecule has 0 aromatic carbocycles. The summed E-state index contributed by atoms with van der Waals surface area (Å²) in [6, 6.07) is -0.254. The number of nitrogens with one attached hydrogen (secondary N) is 1. The van der Waals surface area contributed by atoms with E-state index in [2.05, 4.69) is 10.5 Å². The molecule has 0 amide bonds. The standard InChI is InChI=1S/C31H53N3O9/c1-11-22-31(14-32-33-15-31)26(38)18(4)23(35)16(2)13-30(7,40-10)27(19(5)24(36)20(6)28(39)42-22)43-29-25(37)21(34(8)9)12-17(3)41-29/h14,16-22,25-27,29,33,37-38H,11-13,15H2,1-10H3/t16-,17-,18+,19+,20-,21+,22-,25-,26-,27-,29+,30-,31?/m1/s1. The third-order valence-corrected chi connectivity index (χ3v) is 9.99. The number of hydrogen-bond acceptors (Lipinski definition) is 12. The first-order chi connectivity index (χ1) is 20.0. The molecule has 0 aromatic heterocycles. The third kappa shape index (κ3) is 6.99. The molecule has 0 aliphatic carbocycles. The maximum atomic E-state index is 14.0. The van der Waals surface area contributed by atoms with Gasteiger partial charge in [-0.2, -0.15) is 5.10 Å². The molecule has 1 spiro atoms. The van der Waals surface area contributed by atoms with Gasteiger partial charge in [0, 0.05) is 43.7 Å². The van der Waals surface area contributed by atoms with Crippen molar-refractivity contribution < 1.29 is 43.5 Å². The van der Waals surface area contributed by atoms with Gasteiger partial charge in [-0.1, -0.05) is 27.7 Å². The molecule has 246 valence electrons. The Bertz CT molecular complexity index is 1040. The van der Waals surface area contributed by atoms with Gasteiger partial charge in [0.15, 0.2) is 12.1 Å². The van der Waals surface area contributed by atoms with Gasteiger partial charge in [0.05, 0.1) is 29.3 Å². The first-order valence-electron chi connectivity index (χ1n) is 15.5. The number of ketones is 2. The lowest BCUT2D eigenvalue weighted by molar-refractivity contribution is -0.295. The van der Waals surface area contributed by atoms with E-state index in [1.807, 2.05) is 32.8 Å². The average Bonchev–Trinajstić information content (AvgIpc) is 3.47. The Morgan fingerprint density at radius 2 is 1.74 bits per heavy atom. The van der Waals surface area contributed by atoms with Crippen molar-refractivity contribution in [2.24, 2.45) is 34.2 Å². The van der Waals surface area contributed by atoms with Gasteiger partial charge < -0.3 is 39.5 Å². The Morgan fingerprint density at radius 3 is 2.28 bits per heavy atom. The van der Waals surface area contributed by atoms with Crippen LogP contribution in [-0.4, -0.2) is 115 Å². The van der Waals surface area contributed by atoms with Crippen LogP contribution >= 0.6 is 0 Å². The molecule has 12 heteroatoms. The molecule has 12 nitrogen and oxygen atoms in total. The number of hydrogen-bond donors (Lipinski definition) is 3. The van der Waals surface area contributed by atoms with Gasteiger partial charge in [0.2, 0.25) is 0 Å². The fourth-order valence-corrected chi connectivity index (χ4v) is 7.12. The summed E-state index contributed by atoms with van der Waals surface area (Å²) < 4.78 is 24.5. The van der Waals surface area contributed by atoms with Crippen LogP contribution in [0.25, 0.3) is 0 Å². The highest BCUT2D eigenvalue weighted by Gasteiger charge is 2.54. The van der Waals surface area contributed by atoms with Crippen molar-refractivity contribution in [2.45, 2.75) is 116 Å². The van der Waals surface area contributed by atoms with Crippen molar-refractivity contribution in [1.82, 2.24) is 10.3 Å². The van der Waals surface area contributed by atoms with Gasteiger partial charge in [-0.05, 0) is 54.1 Å². The van der Waals surface area contributed by atoms with Gasteiger partial charge in [0.25, 0.3) is 0 Å². The second-order valence-electron chi connectivity index (χ2n) is 13.3. The highest BCUT2D eigenvalue weighted by Crippen LogP contribution is 2.40. The number of hydrazone groups is 1. The van der Waals surface area contributed by atoms with Crippen LogP contribution in [0.3, 0.4) is 0 Å². The minimum absolute atomic E-state index is 0.145. The molecule has 3 aliphatic heterocycles. The predicted octanol–water partition coefficient (Wildman–Crippen LogP) is 1.55. The average molecular weight is 612 g/mol. The van der Waals surface area contributed by atoms with Crippen molar-refractivity contribution in [2.75, 3.05) is 27.7 Å². The van der Waals surface area contributed by atoms with Crippen LogP contribution in [0.4, 0.5) is 0 Å². The van der Waals surface area contributed by atoms with Gasteiger partial charge in [-0.15, -0.1) is 0 Å². The van der Waals surface area contributed by atoms with E-state index >= 15 is 0 Å². The van der Waals surface area contributed by atoms with Crippen LogP contribution in [0.15, 0.2) is 5.10 Å². The van der Waals surface area contributed by atoms with Crippen LogP contribution in [0.1, 0.15) is 67.7 Å². The monoisotopic (exact) mass is 611 g/mol. The van der Waals surface area contributed by atoms with E-state index in [0.717, 1.165) is 0 Å². The number of ether oxygens (including phenoxy) is 4. The lowest BCUT2D eigenvalue weighted by Gasteiger charge is -2.47. The Morgan fingerprint density at radius 1 is 1.09 bits per heavy atom. The van der Waals surface area contributed by atoms with Gasteiger partial charge in [-0.3, -0.25) is 14.4 Å². The Hall–Kier alpha value is -1.96. The van der Waals surface area contributed by atoms with Crippen molar-refractivity contribution in [3.63, 3.8) is 0 Å². The summed E-state index contributed by atoms with van der Waals surface area (Å²) in [6.07, 6.45) is -2.82. The lowest BCUT2D eigenvalue weighted by Crippen LogP contribution is -2.59. The van der Waals surface area contributed by atoms with E-state index in [4.69, 9.17) is 18.9 Å². The molecule has 0 aromatic rings. The highest BCUT2D eigenvalue weighted by atomic mass is 16.7. The molecule has 3 N–H and O–H groups in total. The largest absolute Gasteiger partial charge is 0.461 e. The molecule has 2 fully saturated rings. The van der Waals surface area contributed by atoms with Crippen molar-refractivity contribution in [3.8, 4) is 0 Å². The first-order valence-corrected chi connectivity index (χ1v) is 15.5. The van der Waals surface area contributed by atoms with E-state index in [1.165, 1.54) is 20.2 Å². The van der Waals surface area contributed by atoms with Gasteiger partial charge in [0.1, 0.15) is 23.9 Å². The number of aliphatic hydroxyl groups excluding tert-OH is 2. The normalized spacial score (nSPS) is 45.2. The fourth-order valence-electron chi connectivity index (χ4n) is 7.12. The van der Waals surface area contributed by atoms with E-state index in [1.54, 1.807) is 27.7 Å². The van der Waals surface area contributed by atoms with E-state index in [-0.39, 0.29) is 30.9 Å². The number of esters is 1. The molecular formula is C31H53N3O9. The van der Waals surface area contributed by atoms with Crippen LogP contribution in [-0.2, 0) is 33.3 Å². The molecule has 1 unspecified atom stereocenters. The summed E-state index contributed by atoms with van der Waals surface area (Å²) in [4.78, 5) is 43.2. The number of Topliss-reactive ketones (excluding diaryl/α,β-unsaturated/α-hetero) is 2. The number of cyclic esters (lactones) is 1. The lowest BCUT2D eigenvalue weighted by atomic mass is 9.69. The summed E-state index contributed by atoms with van der Waals surface area (Å²) in [5.41, 5.74) is 0.479. The van der Waals surface area contributed by atoms with Gasteiger partial charge >= 0.3 is 5.97 Å². The molecule has 0 bridgehead atoms. The van der Waals surface area contributed by atoms with E-state index in [0.29, 0.717) is 12.8 Å². The second-order valence-corrected chi connectivity index (χ2v) is 13.3. The zero-order chi connectivity index (χ0) is 32.4. The molecular weight excluding hydrogens is 558 g/mol. The smallest absolute Gasteiger partial charge is 0.316 e. The topological polar surface area (TPSA) is 156 Å². The first kappa shape index (κ1) is 35.5. The molecule has 0 saturated carbocycles. The molecule has 0 radical (unpaired) electrons. The van der Waals surface area contributed by atoms with Crippen molar-refractivity contribution in [1.29, 1.82) is 0 Å². The van der Waals surface area contributed by atoms with Crippen LogP contribution < -0.4 is 5.43 Å². The number of likely N-dealkylation sites (N-methyl/N-ethyl adjacent to an activating group) is 1. The zero-order valence-corrected chi connectivity index (χ0v) is 27.4. The van der Waals surface area contributed by atoms with Crippen LogP contribution in [0.2, 0.25) is 0 Å². The Balaban J connectivity index is 2.08. The maximum Gasteiger partial charge on any atom is 0.316 e. The maximum absolute atomic E-state index is 14.0. The van der Waals surface area contributed by atoms with Crippen molar-refractivity contribution >= 4 is 23.8 Å². The molecule has 3 rings (SSSR count). The Labute approximate surface area is 255 Å². The second kappa shape index (κ2) is 14.0. The number of carbonyl (C=O) groups excluding carboxylic acids is 3. The number of methoxy groups -OCH3 is 1. The molecule has 2 saturated heterocycles. The molecule has 3 heterocycles. The summed E-state index contributed by atoms with van der Waals surface area (Å²) in [5.74, 6) is -4.91. The van der Waals surface area contributed by atoms with Crippen LogP contribution in [0.5, 0.6) is 0 Å². The number of aliphatic hydroxyl groups is 2. The minimum atomic E-state index is -1.22. The highest BCUT2D eigenvalue weighted by molar-refractivity contribution is 6.00. The summed E-state index contributed by atoms with van der Waals surface area (Å²) in [6.45, 7) is 12.2. The summed E-state index contributed by atoms with van der Waals surface area (Å²) in [5, 5.41) is 27.0. The number of nitrogens with zero attached hydrogens (tertiary/aromatic N) is 2. The SMILES string of the molecule is CC[C@H]1OC(=O)[C@H](C)C(=O)[C@H](C)[C@@H](O[C@@H]2O[C@H](C)C[C@H](N(C)C)[C@H]2O)[C@](C)(OC)C[C@@H](C)C(=O)[C@H](C)[C@@H](O)C12C=NNC2. The minimum Gasteiger partial charge on any atom is -0.461 e. The van der Waals surface area contributed by atoms with Crippen molar-refractivity contribution in [3.05, 3.63) is 0 Å². The number of rotatable bonds is 5. The zero-order valence-electron chi connectivity index (χ0n) is 27.4. The summed E-state index contributed by atoms with van der Waals surface area (Å²) >= 11 is 0. The predicted molar refractivity (Wildman–Crippen MR) is 159 cm³/mol. The van der Waals surface area contributed by atoms with E-state index < -0.39 is 77.1 Å². The van der Waals surface area contributed by atoms with E-state index in [9.17, 15) is 24.6 Å².